The lowest BCUT2D eigenvalue weighted by molar-refractivity contribution is -0.144. The largest absolute Gasteiger partial charge is 0.481 e. The van der Waals surface area contributed by atoms with Crippen LogP contribution in [0, 0.1) is 17.8 Å². The van der Waals surface area contributed by atoms with E-state index < -0.39 is 62.0 Å². The second-order valence-electron chi connectivity index (χ2n) is 12.5. The first-order chi connectivity index (χ1) is 21.0. The Morgan fingerprint density at radius 1 is 0.841 bits per heavy atom. The van der Waals surface area contributed by atoms with Crippen molar-refractivity contribution in [3.05, 3.63) is 60.7 Å². The minimum absolute atomic E-state index is 0.348. The summed E-state index contributed by atoms with van der Waals surface area (Å²) in [5.41, 5.74) is -0.382. The average molecular weight is 624 g/mol. The maximum absolute atomic E-state index is 14.0. The maximum atomic E-state index is 14.0. The number of carboxylic acid groups (broad SMARTS) is 1. The summed E-state index contributed by atoms with van der Waals surface area (Å²) in [6.45, 7) is 0.594. The molecular weight excluding hydrogens is 585 g/mol. The standard InChI is InChI=1S/C32H38N3O8P/c1-20(33-30(40)31(41)35-32-16-21-12-22(17-32)14-23(13-21)18-32)29(39)34-26(15-28(37)38)27(36)19-43-44(42,24-8-4-2-5-9-24)25-10-6-3-7-11-25/h2-11,20-23,26H,12-19H2,1H3,(H,33,40)(H,34,39)(H,35,41)(H,37,38)/t20-,21?,22?,23?,26-,32?/m0/s1. The van der Waals surface area contributed by atoms with Crippen LogP contribution in [0.5, 0.6) is 0 Å². The highest BCUT2D eigenvalue weighted by Crippen LogP contribution is 2.55. The molecule has 4 aliphatic rings. The van der Waals surface area contributed by atoms with Crippen LogP contribution < -0.4 is 26.6 Å². The number of nitrogens with one attached hydrogen (secondary N) is 3. The lowest BCUT2D eigenvalue weighted by Gasteiger charge is -2.56. The second-order valence-corrected chi connectivity index (χ2v) is 14.9. The van der Waals surface area contributed by atoms with E-state index in [0.29, 0.717) is 28.4 Å². The topological polar surface area (TPSA) is 168 Å². The summed E-state index contributed by atoms with van der Waals surface area (Å²) in [6, 6.07) is 13.9. The fraction of sp³-hybridized carbons (Fsp3) is 0.469. The van der Waals surface area contributed by atoms with Crippen LogP contribution in [0.3, 0.4) is 0 Å². The molecule has 3 amide bonds. The molecule has 0 saturated heterocycles. The van der Waals surface area contributed by atoms with Crippen molar-refractivity contribution in [1.29, 1.82) is 0 Å². The molecule has 4 aliphatic carbocycles. The predicted octanol–water partition coefficient (Wildman–Crippen LogP) is 2.05. The summed E-state index contributed by atoms with van der Waals surface area (Å²) < 4.78 is 19.8. The molecule has 2 atom stereocenters. The third-order valence-corrected chi connectivity index (χ3v) is 11.5. The van der Waals surface area contributed by atoms with Gasteiger partial charge in [-0.3, -0.25) is 28.5 Å². The van der Waals surface area contributed by atoms with E-state index >= 15 is 0 Å². The van der Waals surface area contributed by atoms with Gasteiger partial charge < -0.3 is 25.6 Å². The Kier molecular flexibility index (Phi) is 9.37. The van der Waals surface area contributed by atoms with Gasteiger partial charge in [-0.25, -0.2) is 0 Å². The van der Waals surface area contributed by atoms with E-state index in [1.165, 1.54) is 26.2 Å². The molecular formula is C32H38N3O8P. The van der Waals surface area contributed by atoms with Crippen LogP contribution in [0.2, 0.25) is 0 Å². The average Bonchev–Trinajstić information content (AvgIpc) is 2.99. The van der Waals surface area contributed by atoms with E-state index in [1.54, 1.807) is 60.7 Å². The van der Waals surface area contributed by atoms with E-state index in [0.717, 1.165) is 19.3 Å². The van der Waals surface area contributed by atoms with Gasteiger partial charge in [0.05, 0.1) is 6.42 Å². The fourth-order valence-corrected chi connectivity index (χ4v) is 9.44. The molecule has 0 radical (unpaired) electrons. The van der Waals surface area contributed by atoms with E-state index in [2.05, 4.69) is 16.0 Å². The minimum atomic E-state index is -3.74. The molecule has 0 aliphatic heterocycles. The molecule has 4 fully saturated rings. The number of amides is 3. The molecule has 0 unspecified atom stereocenters. The van der Waals surface area contributed by atoms with Gasteiger partial charge in [-0.1, -0.05) is 36.4 Å². The first-order valence-corrected chi connectivity index (χ1v) is 16.6. The number of aliphatic carboxylic acids is 1. The van der Waals surface area contributed by atoms with Crippen molar-refractivity contribution in [1.82, 2.24) is 16.0 Å². The zero-order valence-corrected chi connectivity index (χ0v) is 25.5. The third kappa shape index (κ3) is 7.11. The Labute approximate surface area is 256 Å². The first kappa shape index (κ1) is 31.6. The van der Waals surface area contributed by atoms with Crippen molar-refractivity contribution in [2.75, 3.05) is 6.61 Å². The lowest BCUT2D eigenvalue weighted by Crippen LogP contribution is -2.62. The van der Waals surface area contributed by atoms with Crippen molar-refractivity contribution in [3.63, 3.8) is 0 Å². The highest BCUT2D eigenvalue weighted by molar-refractivity contribution is 7.74. The Morgan fingerprint density at radius 3 is 1.82 bits per heavy atom. The van der Waals surface area contributed by atoms with Crippen molar-refractivity contribution in [2.45, 2.75) is 69.5 Å². The zero-order valence-electron chi connectivity index (χ0n) is 24.6. The summed E-state index contributed by atoms with van der Waals surface area (Å²) in [5, 5.41) is 17.8. The van der Waals surface area contributed by atoms with Gasteiger partial charge in [-0.15, -0.1) is 0 Å². The zero-order chi connectivity index (χ0) is 31.5. The highest BCUT2D eigenvalue weighted by atomic mass is 31.2. The quantitative estimate of drug-likeness (QED) is 0.206. The number of hydrogen-bond donors (Lipinski definition) is 4. The smallest absolute Gasteiger partial charge is 0.309 e. The third-order valence-electron chi connectivity index (χ3n) is 9.03. The molecule has 4 N–H and O–H groups in total. The van der Waals surface area contributed by atoms with Gasteiger partial charge in [0.1, 0.15) is 18.7 Å². The molecule has 0 spiro atoms. The van der Waals surface area contributed by atoms with Gasteiger partial charge in [-0.2, -0.15) is 0 Å². The maximum Gasteiger partial charge on any atom is 0.309 e. The highest BCUT2D eigenvalue weighted by Gasteiger charge is 2.52. The van der Waals surface area contributed by atoms with Gasteiger partial charge in [0.25, 0.3) is 7.37 Å². The number of rotatable bonds is 12. The summed E-state index contributed by atoms with van der Waals surface area (Å²) in [7, 11) is -3.74. The van der Waals surface area contributed by atoms with Gasteiger partial charge in [0.15, 0.2) is 5.78 Å². The van der Waals surface area contributed by atoms with E-state index in [4.69, 9.17) is 4.52 Å². The lowest BCUT2D eigenvalue weighted by atomic mass is 9.53. The van der Waals surface area contributed by atoms with E-state index in [1.807, 2.05) is 0 Å². The molecule has 4 saturated carbocycles. The number of benzene rings is 2. The van der Waals surface area contributed by atoms with E-state index in [-0.39, 0.29) is 5.54 Å². The number of Topliss-reactive ketones (excluding diaryl/α,β-unsaturated/α-hetero) is 1. The summed E-state index contributed by atoms with van der Waals surface area (Å²) in [6.07, 6.45) is 5.34. The molecule has 234 valence electrons. The summed E-state index contributed by atoms with van der Waals surface area (Å²) >= 11 is 0. The normalized spacial score (nSPS) is 25.0. The number of carboxylic acids is 1. The van der Waals surface area contributed by atoms with Gasteiger partial charge in [0, 0.05) is 16.1 Å². The minimum Gasteiger partial charge on any atom is -0.481 e. The van der Waals surface area contributed by atoms with Crippen LogP contribution in [0.25, 0.3) is 0 Å². The number of ketones is 1. The van der Waals surface area contributed by atoms with Gasteiger partial charge in [0.2, 0.25) is 5.91 Å². The summed E-state index contributed by atoms with van der Waals surface area (Å²) in [5.74, 6) is -3.11. The summed E-state index contributed by atoms with van der Waals surface area (Å²) in [4.78, 5) is 63.3. The van der Waals surface area contributed by atoms with Crippen LogP contribution in [0.1, 0.15) is 51.9 Å². The molecule has 0 aromatic heterocycles. The number of carbonyl (C=O) groups is 5. The monoisotopic (exact) mass is 623 g/mol. The molecule has 6 rings (SSSR count). The second kappa shape index (κ2) is 13.0. The predicted molar refractivity (Wildman–Crippen MR) is 162 cm³/mol. The molecule has 44 heavy (non-hydrogen) atoms. The van der Waals surface area contributed by atoms with Crippen LogP contribution in [0.15, 0.2) is 60.7 Å². The molecule has 11 nitrogen and oxygen atoms in total. The first-order valence-electron chi connectivity index (χ1n) is 15.0. The van der Waals surface area contributed by atoms with Crippen molar-refractivity contribution >= 4 is 47.5 Å². The Morgan fingerprint density at radius 2 is 1.34 bits per heavy atom. The molecule has 12 heteroatoms. The molecule has 2 aromatic carbocycles. The molecule has 4 bridgehead atoms. The van der Waals surface area contributed by atoms with Crippen LogP contribution in [-0.2, 0) is 33.1 Å². The van der Waals surface area contributed by atoms with Crippen LogP contribution in [-0.4, -0.2) is 58.8 Å². The van der Waals surface area contributed by atoms with Gasteiger partial charge >= 0.3 is 17.8 Å². The van der Waals surface area contributed by atoms with Gasteiger partial charge in [-0.05, 0) is 87.5 Å². The number of hydrogen-bond acceptors (Lipinski definition) is 7. The Bertz CT molecular complexity index is 1390. The van der Waals surface area contributed by atoms with Crippen LogP contribution >= 0.6 is 7.37 Å². The Balaban J connectivity index is 1.19. The molecule has 2 aromatic rings. The van der Waals surface area contributed by atoms with Crippen molar-refractivity contribution in [2.24, 2.45) is 17.8 Å². The van der Waals surface area contributed by atoms with Crippen molar-refractivity contribution in [3.8, 4) is 0 Å². The van der Waals surface area contributed by atoms with Crippen molar-refractivity contribution < 1.29 is 38.2 Å². The van der Waals surface area contributed by atoms with Crippen LogP contribution in [0.4, 0.5) is 0 Å². The van der Waals surface area contributed by atoms with E-state index in [9.17, 15) is 33.6 Å². The molecule has 0 heterocycles. The SMILES string of the molecule is C[C@H](NC(=O)C(=O)NC12CC3CC(CC(C3)C1)C2)C(=O)N[C@@H](CC(=O)O)C(=O)COP(=O)(c1ccccc1)c1ccccc1. The Hall–Kier alpha value is -3.82. The fourth-order valence-electron chi connectivity index (χ4n) is 7.41. The number of carbonyl (C=O) groups excluding carboxylic acids is 4.